The molecule has 38 heavy (non-hydrogen) atoms. The fourth-order valence-corrected chi connectivity index (χ4v) is 7.29. The number of halogens is 2. The molecule has 0 bridgehead atoms. The highest BCUT2D eigenvalue weighted by atomic mass is 35.5. The van der Waals surface area contributed by atoms with E-state index in [2.05, 4.69) is 20.0 Å². The number of hydrogen-bond acceptors (Lipinski definition) is 7. The van der Waals surface area contributed by atoms with Crippen molar-refractivity contribution in [3.63, 3.8) is 0 Å². The summed E-state index contributed by atoms with van der Waals surface area (Å²) in [6, 6.07) is 15.8. The maximum Gasteiger partial charge on any atom is 0.211 e. The Morgan fingerprint density at radius 1 is 0.868 bits per heavy atom. The predicted octanol–water partition coefficient (Wildman–Crippen LogP) is 3.63. The summed E-state index contributed by atoms with van der Waals surface area (Å²) in [5.74, 6) is 1.51. The van der Waals surface area contributed by atoms with Crippen molar-refractivity contribution in [2.45, 2.75) is 50.2 Å². The maximum atomic E-state index is 13.0. The Kier molecular flexibility index (Phi) is 8.30. The lowest BCUT2D eigenvalue weighted by atomic mass is 9.93. The molecule has 0 spiro atoms. The summed E-state index contributed by atoms with van der Waals surface area (Å²) in [6.45, 7) is 2.90. The van der Waals surface area contributed by atoms with Crippen molar-refractivity contribution < 1.29 is 8.42 Å². The fourth-order valence-electron chi connectivity index (χ4n) is 5.92. The molecule has 0 amide bonds. The summed E-state index contributed by atoms with van der Waals surface area (Å²) in [6.07, 6.45) is 5.28. The first-order valence-electron chi connectivity index (χ1n) is 13.0. The van der Waals surface area contributed by atoms with E-state index >= 15 is 0 Å². The van der Waals surface area contributed by atoms with Crippen LogP contribution in [0.25, 0.3) is 0 Å². The van der Waals surface area contributed by atoms with Crippen molar-refractivity contribution in [1.29, 1.82) is 0 Å². The van der Waals surface area contributed by atoms with E-state index in [1.807, 2.05) is 48.5 Å². The first kappa shape index (κ1) is 27.4. The lowest BCUT2D eigenvalue weighted by Gasteiger charge is -2.50. The third-order valence-electron chi connectivity index (χ3n) is 7.82. The Morgan fingerprint density at radius 2 is 1.42 bits per heavy atom. The van der Waals surface area contributed by atoms with Gasteiger partial charge in [0, 0.05) is 54.3 Å². The molecule has 0 radical (unpaired) electrons. The van der Waals surface area contributed by atoms with Crippen molar-refractivity contribution >= 4 is 44.9 Å². The molecule has 0 unspecified atom stereocenters. The van der Waals surface area contributed by atoms with E-state index in [1.165, 1.54) is 6.26 Å². The molecule has 5 rings (SSSR count). The number of rotatable bonds is 6. The normalized spacial score (nSPS) is 23.9. The number of piperazine rings is 1. The maximum absolute atomic E-state index is 13.0. The van der Waals surface area contributed by atoms with Crippen molar-refractivity contribution in [2.24, 2.45) is 15.9 Å². The fraction of sp³-hybridized carbons (Fsp3) is 0.481. The van der Waals surface area contributed by atoms with Crippen LogP contribution in [0.1, 0.15) is 30.4 Å². The molecular weight excluding hydrogens is 543 g/mol. The summed E-state index contributed by atoms with van der Waals surface area (Å²) in [4.78, 5) is 4.85. The van der Waals surface area contributed by atoms with Crippen molar-refractivity contribution in [2.75, 3.05) is 32.4 Å². The molecule has 0 aromatic heterocycles. The molecule has 0 saturated carbocycles. The van der Waals surface area contributed by atoms with Gasteiger partial charge in [-0.1, -0.05) is 47.5 Å². The monoisotopic (exact) mass is 576 g/mol. The molecule has 2 fully saturated rings. The van der Waals surface area contributed by atoms with E-state index in [4.69, 9.17) is 28.9 Å². The van der Waals surface area contributed by atoms with Crippen LogP contribution in [-0.4, -0.2) is 84.8 Å². The number of nitrogens with two attached hydrogens (primary N) is 1. The zero-order valence-electron chi connectivity index (χ0n) is 21.5. The Hall–Kier alpha value is -2.17. The molecule has 204 valence electrons. The second-order valence-electron chi connectivity index (χ2n) is 10.5. The zero-order chi connectivity index (χ0) is 26.9. The van der Waals surface area contributed by atoms with E-state index in [0.717, 1.165) is 49.3 Å². The summed E-state index contributed by atoms with van der Waals surface area (Å²) >= 11 is 12.2. The van der Waals surface area contributed by atoms with Gasteiger partial charge in [0.1, 0.15) is 11.7 Å². The van der Waals surface area contributed by atoms with Crippen LogP contribution in [0.4, 0.5) is 0 Å². The largest absolute Gasteiger partial charge is 0.385 e. The first-order valence-corrected chi connectivity index (χ1v) is 15.6. The van der Waals surface area contributed by atoms with Gasteiger partial charge in [-0.05, 0) is 61.1 Å². The molecule has 2 saturated heterocycles. The number of amidine groups is 2. The third kappa shape index (κ3) is 6.51. The molecule has 3 aliphatic rings. The smallest absolute Gasteiger partial charge is 0.211 e. The van der Waals surface area contributed by atoms with Crippen LogP contribution < -0.4 is 5.73 Å². The standard InChI is InChI=1S/C27H34Cl2N6O2S/c1-38(36,37)35-18-24(14-19-2-6-21(28)7-3-19)34(17-25(35)15-20-4-8-22(29)9-5-20)23-10-12-33(13-11-23)27-16-26(30)31-32-27/h2-9,23-25H,10-18H2,1H3,(H2,30,31)/t24-,25-/m0/s1. The lowest BCUT2D eigenvalue weighted by molar-refractivity contribution is 0.0212. The number of likely N-dealkylation sites (tertiary alicyclic amines) is 1. The van der Waals surface area contributed by atoms with Crippen LogP contribution in [0.15, 0.2) is 58.7 Å². The summed E-state index contributed by atoms with van der Waals surface area (Å²) in [7, 11) is -3.40. The molecule has 2 aromatic rings. The Balaban J connectivity index is 1.38. The molecule has 2 N–H and O–H groups in total. The average Bonchev–Trinajstić information content (AvgIpc) is 3.33. The number of hydrogen-bond donors (Lipinski definition) is 1. The van der Waals surface area contributed by atoms with Gasteiger partial charge in [-0.2, -0.15) is 4.31 Å². The molecule has 3 aliphatic heterocycles. The summed E-state index contributed by atoms with van der Waals surface area (Å²) < 4.78 is 27.7. The SMILES string of the molecule is CS(=O)(=O)N1C[C@H](Cc2ccc(Cl)cc2)N(C2CCN(C3=NN=C(N)C3)CC2)C[C@@H]1Cc1ccc(Cl)cc1. The summed E-state index contributed by atoms with van der Waals surface area (Å²) in [5, 5.41) is 9.63. The third-order valence-corrected chi connectivity index (χ3v) is 9.62. The van der Waals surface area contributed by atoms with Crippen molar-refractivity contribution in [3.8, 4) is 0 Å². The highest BCUT2D eigenvalue weighted by Gasteiger charge is 2.41. The van der Waals surface area contributed by atoms with Gasteiger partial charge in [0.2, 0.25) is 10.0 Å². The predicted molar refractivity (Wildman–Crippen MR) is 154 cm³/mol. The highest BCUT2D eigenvalue weighted by Crippen LogP contribution is 2.30. The quantitative estimate of drug-likeness (QED) is 0.566. The van der Waals surface area contributed by atoms with E-state index in [1.54, 1.807) is 4.31 Å². The van der Waals surface area contributed by atoms with Gasteiger partial charge in [0.15, 0.2) is 0 Å². The number of nitrogens with zero attached hydrogens (tertiary/aromatic N) is 5. The minimum Gasteiger partial charge on any atom is -0.385 e. The molecule has 11 heteroatoms. The lowest BCUT2D eigenvalue weighted by Crippen LogP contribution is -2.64. The van der Waals surface area contributed by atoms with Gasteiger partial charge in [0.05, 0.1) is 12.7 Å². The minimum absolute atomic E-state index is 0.0618. The summed E-state index contributed by atoms with van der Waals surface area (Å²) in [5.41, 5.74) is 8.07. The van der Waals surface area contributed by atoms with Crippen LogP contribution >= 0.6 is 23.2 Å². The van der Waals surface area contributed by atoms with Gasteiger partial charge in [-0.3, -0.25) is 4.90 Å². The van der Waals surface area contributed by atoms with E-state index in [9.17, 15) is 8.42 Å². The Labute approximate surface area is 235 Å². The van der Waals surface area contributed by atoms with E-state index in [-0.39, 0.29) is 12.1 Å². The number of piperidine rings is 1. The number of sulfonamides is 1. The van der Waals surface area contributed by atoms with Crippen LogP contribution in [0.2, 0.25) is 10.0 Å². The van der Waals surface area contributed by atoms with Gasteiger partial charge < -0.3 is 10.6 Å². The molecule has 0 aliphatic carbocycles. The second-order valence-corrected chi connectivity index (χ2v) is 13.3. The molecule has 2 aromatic carbocycles. The molecule has 3 heterocycles. The number of benzene rings is 2. The van der Waals surface area contributed by atoms with Crippen LogP contribution in [0.5, 0.6) is 0 Å². The van der Waals surface area contributed by atoms with Crippen LogP contribution in [-0.2, 0) is 22.9 Å². The zero-order valence-corrected chi connectivity index (χ0v) is 23.8. The van der Waals surface area contributed by atoms with Gasteiger partial charge in [0.25, 0.3) is 0 Å². The van der Waals surface area contributed by atoms with Gasteiger partial charge >= 0.3 is 0 Å². The molecular formula is C27H34Cl2N6O2S. The topological polar surface area (TPSA) is 94.6 Å². The van der Waals surface area contributed by atoms with Crippen molar-refractivity contribution in [3.05, 3.63) is 69.7 Å². The van der Waals surface area contributed by atoms with Gasteiger partial charge in [-0.15, -0.1) is 10.2 Å². The highest BCUT2D eigenvalue weighted by molar-refractivity contribution is 7.88. The van der Waals surface area contributed by atoms with Gasteiger partial charge in [-0.25, -0.2) is 8.42 Å². The van der Waals surface area contributed by atoms with E-state index < -0.39 is 10.0 Å². The van der Waals surface area contributed by atoms with Crippen LogP contribution in [0, 0.1) is 0 Å². The average molecular weight is 578 g/mol. The molecule has 2 atom stereocenters. The molecule has 8 nitrogen and oxygen atoms in total. The van der Waals surface area contributed by atoms with E-state index in [0.29, 0.717) is 47.9 Å². The van der Waals surface area contributed by atoms with Crippen molar-refractivity contribution in [1.82, 2.24) is 14.1 Å². The second kappa shape index (κ2) is 11.5. The minimum atomic E-state index is -3.40. The Morgan fingerprint density at radius 3 is 1.92 bits per heavy atom. The van der Waals surface area contributed by atoms with Crippen LogP contribution in [0.3, 0.4) is 0 Å². The Bertz CT molecular complexity index is 1290. The first-order chi connectivity index (χ1) is 18.2.